The molecule has 1 aromatic heterocycles. The summed E-state index contributed by atoms with van der Waals surface area (Å²) in [4.78, 5) is 13.2. The van der Waals surface area contributed by atoms with Gasteiger partial charge in [-0.3, -0.25) is 0 Å². The number of amides is 1. The Labute approximate surface area is 225 Å². The summed E-state index contributed by atoms with van der Waals surface area (Å²) >= 11 is 3.12. The molecule has 0 unspecified atom stereocenters. The zero-order valence-electron chi connectivity index (χ0n) is 20.2. The third-order valence-electron chi connectivity index (χ3n) is 6.16. The molecule has 4 aromatic rings. The Morgan fingerprint density at radius 1 is 0.919 bits per heavy atom. The lowest BCUT2D eigenvalue weighted by molar-refractivity contribution is -0.359. The predicted octanol–water partition coefficient (Wildman–Crippen LogP) is 7.16. The molecule has 0 saturated heterocycles. The Bertz CT molecular complexity index is 1330. The quantitative estimate of drug-likeness (QED) is 0.133. The number of benzene rings is 3. The van der Waals surface area contributed by atoms with Crippen LogP contribution in [0.3, 0.4) is 0 Å². The Morgan fingerprint density at radius 2 is 1.49 bits per heavy atom. The summed E-state index contributed by atoms with van der Waals surface area (Å²) in [6.45, 7) is 3.98. The van der Waals surface area contributed by atoms with Crippen LogP contribution in [-0.4, -0.2) is 33.2 Å². The molecule has 2 heterocycles. The highest BCUT2D eigenvalue weighted by molar-refractivity contribution is 8.00. The normalized spacial score (nSPS) is 13.0. The zero-order valence-corrected chi connectivity index (χ0v) is 21.9. The van der Waals surface area contributed by atoms with Gasteiger partial charge in [0.25, 0.3) is 0 Å². The highest BCUT2D eigenvalue weighted by Crippen LogP contribution is 2.48. The number of hydrogen-bond donors (Lipinski definition) is 0. The smallest absolute Gasteiger partial charge is 0.417 e. The molecule has 184 valence electrons. The molecule has 3 aromatic carbocycles. The number of allylic oxidation sites excluding steroid dienone is 2. The molecule has 1 aliphatic heterocycles. The van der Waals surface area contributed by atoms with E-state index in [9.17, 15) is 4.79 Å². The number of thioether (sulfide) groups is 1. The SMILES string of the molecule is C=[N+](C(=O)CCSC(c1ccccc1)(c1ccccc1)c1ccccc1)c1nnc(C2=C[N-]C=CC2)s1. The average molecular weight is 523 g/mol. The van der Waals surface area contributed by atoms with Gasteiger partial charge in [0.05, 0.1) is 23.0 Å². The van der Waals surface area contributed by atoms with Gasteiger partial charge in [0.15, 0.2) is 5.01 Å². The number of carbonyl (C=O) groups is 1. The first kappa shape index (κ1) is 24.9. The molecule has 0 aliphatic carbocycles. The van der Waals surface area contributed by atoms with Crippen molar-refractivity contribution in [1.29, 1.82) is 0 Å². The van der Waals surface area contributed by atoms with E-state index in [1.807, 2.05) is 24.3 Å². The number of rotatable bonds is 9. The Kier molecular flexibility index (Phi) is 7.73. The molecule has 0 fully saturated rings. The first-order valence-electron chi connectivity index (χ1n) is 12.0. The molecule has 37 heavy (non-hydrogen) atoms. The monoisotopic (exact) mass is 522 g/mol. The minimum absolute atomic E-state index is 0.0968. The van der Waals surface area contributed by atoms with Crippen LogP contribution in [0.2, 0.25) is 0 Å². The van der Waals surface area contributed by atoms with Crippen LogP contribution in [0.25, 0.3) is 10.9 Å². The Hall–Kier alpha value is -3.81. The second-order valence-electron chi connectivity index (χ2n) is 8.48. The summed E-state index contributed by atoms with van der Waals surface area (Å²) in [6.07, 6.45) is 6.59. The first-order chi connectivity index (χ1) is 18.2. The van der Waals surface area contributed by atoms with Gasteiger partial charge in [-0.05, 0) is 45.1 Å². The zero-order chi connectivity index (χ0) is 25.5. The Balaban J connectivity index is 1.38. The lowest BCUT2D eigenvalue weighted by atomic mass is 9.84. The third-order valence-corrected chi connectivity index (χ3v) is 8.73. The van der Waals surface area contributed by atoms with Crippen LogP contribution < -0.4 is 0 Å². The molecule has 1 amide bonds. The van der Waals surface area contributed by atoms with E-state index < -0.39 is 4.75 Å². The van der Waals surface area contributed by atoms with E-state index in [0.29, 0.717) is 17.3 Å². The standard InChI is InChI=1S/C30H26N4OS2/c1-34(29-33-32-28(37-29)23-12-11-20-31-22-23)27(35)19-21-36-30(24-13-5-2-6-14-24,25-15-7-3-8-16-25)26-17-9-4-10-18-26/h2-11,13-18,20,22H,1,12,19,21H2. The van der Waals surface area contributed by atoms with Crippen LogP contribution >= 0.6 is 23.1 Å². The highest BCUT2D eigenvalue weighted by Gasteiger charge is 2.37. The molecular weight excluding hydrogens is 496 g/mol. The number of carbonyl (C=O) groups excluding carboxylic acids is 1. The molecule has 0 radical (unpaired) electrons. The van der Waals surface area contributed by atoms with E-state index in [4.69, 9.17) is 0 Å². The van der Waals surface area contributed by atoms with Gasteiger partial charge in [-0.25, -0.2) is 4.79 Å². The van der Waals surface area contributed by atoms with E-state index in [1.165, 1.54) is 32.6 Å². The molecule has 0 saturated carbocycles. The van der Waals surface area contributed by atoms with Gasteiger partial charge in [0.2, 0.25) is 0 Å². The second kappa shape index (κ2) is 11.5. The topological polar surface area (TPSA) is 60.0 Å². The van der Waals surface area contributed by atoms with E-state index >= 15 is 0 Å². The fourth-order valence-corrected chi connectivity index (χ4v) is 6.63. The van der Waals surface area contributed by atoms with Gasteiger partial charge in [-0.2, -0.15) is 17.0 Å². The summed E-state index contributed by atoms with van der Waals surface area (Å²) in [7, 11) is 0. The van der Waals surface area contributed by atoms with Crippen LogP contribution in [0.15, 0.2) is 109 Å². The fourth-order valence-electron chi connectivity index (χ4n) is 4.32. The first-order valence-corrected chi connectivity index (χ1v) is 13.8. The largest absolute Gasteiger partial charge is 0.670 e. The molecule has 5 rings (SSSR count). The van der Waals surface area contributed by atoms with E-state index in [1.54, 1.807) is 24.2 Å². The Morgan fingerprint density at radius 3 is 2.00 bits per heavy atom. The summed E-state index contributed by atoms with van der Waals surface area (Å²) in [5.74, 6) is 0.504. The molecule has 1 aliphatic rings. The van der Waals surface area contributed by atoms with Gasteiger partial charge < -0.3 is 5.32 Å². The molecule has 7 heteroatoms. The van der Waals surface area contributed by atoms with Crippen molar-refractivity contribution in [2.24, 2.45) is 0 Å². The average Bonchev–Trinajstić information content (AvgIpc) is 3.47. The van der Waals surface area contributed by atoms with Crippen molar-refractivity contribution >= 4 is 46.4 Å². The molecule has 0 bridgehead atoms. The van der Waals surface area contributed by atoms with Crippen LogP contribution in [0.4, 0.5) is 5.13 Å². The van der Waals surface area contributed by atoms with Crippen molar-refractivity contribution in [2.75, 3.05) is 5.75 Å². The van der Waals surface area contributed by atoms with Crippen molar-refractivity contribution in [1.82, 2.24) is 10.2 Å². The molecule has 0 atom stereocenters. The van der Waals surface area contributed by atoms with Gasteiger partial charge in [-0.1, -0.05) is 91.0 Å². The van der Waals surface area contributed by atoms with Crippen LogP contribution in [0, 0.1) is 0 Å². The molecular formula is C30H26N4OS2. The molecule has 0 N–H and O–H groups in total. The maximum absolute atomic E-state index is 13.2. The lowest BCUT2D eigenvalue weighted by Gasteiger charge is -2.35. The van der Waals surface area contributed by atoms with Crippen LogP contribution in [-0.2, 0) is 9.54 Å². The van der Waals surface area contributed by atoms with E-state index in [0.717, 1.165) is 17.0 Å². The van der Waals surface area contributed by atoms with Crippen molar-refractivity contribution < 1.29 is 9.37 Å². The third kappa shape index (κ3) is 5.33. The summed E-state index contributed by atoms with van der Waals surface area (Å²) in [5, 5.41) is 13.9. The van der Waals surface area contributed by atoms with Crippen molar-refractivity contribution in [2.45, 2.75) is 17.6 Å². The van der Waals surface area contributed by atoms with E-state index in [2.05, 4.69) is 95.0 Å². The lowest BCUT2D eigenvalue weighted by Crippen LogP contribution is -2.27. The maximum atomic E-state index is 13.2. The number of nitrogens with zero attached hydrogens (tertiary/aromatic N) is 4. The molecule has 5 nitrogen and oxygen atoms in total. The van der Waals surface area contributed by atoms with E-state index in [-0.39, 0.29) is 5.91 Å². The number of aromatic nitrogens is 2. The summed E-state index contributed by atoms with van der Waals surface area (Å²) in [5.41, 5.74) is 4.50. The van der Waals surface area contributed by atoms with Crippen LogP contribution in [0.5, 0.6) is 0 Å². The van der Waals surface area contributed by atoms with Gasteiger partial charge in [0.1, 0.15) is 0 Å². The fraction of sp³-hybridized carbons (Fsp3) is 0.133. The summed E-state index contributed by atoms with van der Waals surface area (Å²) < 4.78 is 0.907. The minimum Gasteiger partial charge on any atom is -0.670 e. The highest BCUT2D eigenvalue weighted by atomic mass is 32.2. The predicted molar refractivity (Wildman–Crippen MR) is 153 cm³/mol. The second-order valence-corrected chi connectivity index (χ2v) is 10.7. The van der Waals surface area contributed by atoms with Gasteiger partial charge in [0, 0.05) is 5.75 Å². The van der Waals surface area contributed by atoms with Crippen LogP contribution in [0.1, 0.15) is 34.5 Å². The van der Waals surface area contributed by atoms with Crippen molar-refractivity contribution in [3.63, 3.8) is 0 Å². The number of hydrogen-bond acceptors (Lipinski definition) is 5. The van der Waals surface area contributed by atoms with Gasteiger partial charge >= 0.3 is 11.0 Å². The molecule has 0 spiro atoms. The van der Waals surface area contributed by atoms with Crippen molar-refractivity contribution in [3.05, 3.63) is 136 Å². The maximum Gasteiger partial charge on any atom is 0.417 e. The minimum atomic E-state index is -0.462. The van der Waals surface area contributed by atoms with Gasteiger partial charge in [-0.15, -0.1) is 17.8 Å². The summed E-state index contributed by atoms with van der Waals surface area (Å²) in [6, 6.07) is 31.4. The van der Waals surface area contributed by atoms with Crippen molar-refractivity contribution in [3.8, 4) is 0 Å².